The van der Waals surface area contributed by atoms with Crippen LogP contribution in [0.1, 0.15) is 23.2 Å². The predicted octanol–water partition coefficient (Wildman–Crippen LogP) is 1.49. The van der Waals surface area contributed by atoms with E-state index < -0.39 is 4.92 Å². The largest absolute Gasteiger partial charge is 0.349 e. The van der Waals surface area contributed by atoms with Crippen molar-refractivity contribution in [3.8, 4) is 0 Å². The summed E-state index contributed by atoms with van der Waals surface area (Å²) in [6, 6.07) is 6.01. The molecule has 78 valence electrons. The van der Waals surface area contributed by atoms with Gasteiger partial charge in [0, 0.05) is 23.7 Å². The van der Waals surface area contributed by atoms with E-state index in [4.69, 9.17) is 0 Å². The lowest BCUT2D eigenvalue weighted by Gasteiger charge is -2.02. The molecule has 1 N–H and O–H groups in total. The fourth-order valence-corrected chi connectivity index (χ4v) is 1.26. The topological polar surface area (TPSA) is 72.2 Å². The van der Waals surface area contributed by atoms with Gasteiger partial charge in [-0.25, -0.2) is 0 Å². The molecule has 1 amide bonds. The van der Waals surface area contributed by atoms with Gasteiger partial charge in [-0.15, -0.1) is 0 Å². The fourth-order valence-electron chi connectivity index (χ4n) is 1.26. The molecule has 0 spiro atoms. The van der Waals surface area contributed by atoms with Gasteiger partial charge >= 0.3 is 0 Å². The lowest BCUT2D eigenvalue weighted by Crippen LogP contribution is -2.25. The Morgan fingerprint density at radius 1 is 1.47 bits per heavy atom. The van der Waals surface area contributed by atoms with Gasteiger partial charge in [0.15, 0.2) is 0 Å². The van der Waals surface area contributed by atoms with E-state index in [1.807, 2.05) is 0 Å². The highest BCUT2D eigenvalue weighted by molar-refractivity contribution is 5.95. The number of amides is 1. The summed E-state index contributed by atoms with van der Waals surface area (Å²) >= 11 is 0. The van der Waals surface area contributed by atoms with Crippen molar-refractivity contribution in [2.75, 3.05) is 0 Å². The number of benzene rings is 1. The smallest absolute Gasteiger partial charge is 0.270 e. The molecule has 1 aromatic rings. The summed E-state index contributed by atoms with van der Waals surface area (Å²) in [5.74, 6) is -0.235. The van der Waals surface area contributed by atoms with Gasteiger partial charge < -0.3 is 5.32 Å². The molecule has 0 saturated heterocycles. The Morgan fingerprint density at radius 3 is 2.80 bits per heavy atom. The first-order valence-electron chi connectivity index (χ1n) is 4.72. The van der Waals surface area contributed by atoms with Gasteiger partial charge in [-0.1, -0.05) is 6.07 Å². The second kappa shape index (κ2) is 3.68. The Balaban J connectivity index is 2.15. The molecule has 0 heterocycles. The van der Waals surface area contributed by atoms with Crippen molar-refractivity contribution < 1.29 is 9.72 Å². The molecule has 2 rings (SSSR count). The minimum absolute atomic E-state index is 0.0570. The molecule has 0 unspecified atom stereocenters. The molecule has 1 aliphatic carbocycles. The third-order valence-electron chi connectivity index (χ3n) is 2.23. The number of rotatable bonds is 3. The van der Waals surface area contributed by atoms with Crippen molar-refractivity contribution >= 4 is 11.6 Å². The van der Waals surface area contributed by atoms with Gasteiger partial charge in [-0.2, -0.15) is 0 Å². The second-order valence-corrected chi connectivity index (χ2v) is 3.56. The number of carbonyl (C=O) groups excluding carboxylic acids is 1. The third-order valence-corrected chi connectivity index (χ3v) is 2.23. The minimum atomic E-state index is -0.506. The van der Waals surface area contributed by atoms with Crippen LogP contribution in [0, 0.1) is 10.1 Å². The van der Waals surface area contributed by atoms with Crippen LogP contribution in [0.2, 0.25) is 0 Å². The van der Waals surface area contributed by atoms with Gasteiger partial charge in [-0.3, -0.25) is 14.9 Å². The summed E-state index contributed by atoms with van der Waals surface area (Å²) in [5.41, 5.74) is 0.287. The monoisotopic (exact) mass is 206 g/mol. The highest BCUT2D eigenvalue weighted by Gasteiger charge is 2.24. The maximum atomic E-state index is 11.5. The van der Waals surface area contributed by atoms with Crippen LogP contribution < -0.4 is 5.32 Å². The number of hydrogen-bond acceptors (Lipinski definition) is 3. The van der Waals surface area contributed by atoms with Gasteiger partial charge in [0.05, 0.1) is 4.92 Å². The molecule has 0 radical (unpaired) electrons. The third kappa shape index (κ3) is 2.31. The molecule has 5 heteroatoms. The van der Waals surface area contributed by atoms with Crippen LogP contribution in [-0.4, -0.2) is 16.9 Å². The number of non-ortho nitro benzene ring substituents is 1. The molecule has 1 fully saturated rings. The second-order valence-electron chi connectivity index (χ2n) is 3.56. The molecule has 5 nitrogen and oxygen atoms in total. The maximum Gasteiger partial charge on any atom is 0.270 e. The van der Waals surface area contributed by atoms with Gasteiger partial charge in [0.2, 0.25) is 0 Å². The summed E-state index contributed by atoms with van der Waals surface area (Å²) < 4.78 is 0. The van der Waals surface area contributed by atoms with Crippen molar-refractivity contribution in [1.82, 2.24) is 5.32 Å². The van der Waals surface area contributed by atoms with Crippen LogP contribution in [-0.2, 0) is 0 Å². The first-order valence-corrected chi connectivity index (χ1v) is 4.72. The number of nitrogens with one attached hydrogen (secondary N) is 1. The van der Waals surface area contributed by atoms with Crippen molar-refractivity contribution in [3.63, 3.8) is 0 Å². The van der Waals surface area contributed by atoms with Crippen LogP contribution in [0.25, 0.3) is 0 Å². The summed E-state index contributed by atoms with van der Waals surface area (Å²) in [5, 5.41) is 13.3. The van der Waals surface area contributed by atoms with Crippen LogP contribution >= 0.6 is 0 Å². The van der Waals surface area contributed by atoms with Gasteiger partial charge in [0.1, 0.15) is 0 Å². The van der Waals surface area contributed by atoms with E-state index in [1.54, 1.807) is 6.07 Å². The normalized spacial score (nSPS) is 14.7. The molecule has 0 bridgehead atoms. The average molecular weight is 206 g/mol. The maximum absolute atomic E-state index is 11.5. The quantitative estimate of drug-likeness (QED) is 0.601. The van der Waals surface area contributed by atoms with E-state index in [9.17, 15) is 14.9 Å². The molecule has 1 aromatic carbocycles. The Morgan fingerprint density at radius 2 is 2.20 bits per heavy atom. The van der Waals surface area contributed by atoms with E-state index in [0.717, 1.165) is 12.8 Å². The first-order chi connectivity index (χ1) is 7.16. The summed E-state index contributed by atoms with van der Waals surface area (Å²) in [4.78, 5) is 21.5. The molecule has 15 heavy (non-hydrogen) atoms. The number of hydrogen-bond donors (Lipinski definition) is 1. The summed E-state index contributed by atoms with van der Waals surface area (Å²) in [7, 11) is 0. The Hall–Kier alpha value is -1.91. The average Bonchev–Trinajstić information content (AvgIpc) is 3.02. The van der Waals surface area contributed by atoms with E-state index in [1.165, 1.54) is 18.2 Å². The molecular weight excluding hydrogens is 196 g/mol. The molecule has 1 saturated carbocycles. The molecule has 0 aromatic heterocycles. The molecule has 0 aliphatic heterocycles. The zero-order valence-corrected chi connectivity index (χ0v) is 7.97. The number of nitro groups is 1. The lowest BCUT2D eigenvalue weighted by atomic mass is 10.2. The summed E-state index contributed by atoms with van der Waals surface area (Å²) in [6.07, 6.45) is 2.00. The van der Waals surface area contributed by atoms with E-state index in [-0.39, 0.29) is 17.6 Å². The van der Waals surface area contributed by atoms with Crippen molar-refractivity contribution in [3.05, 3.63) is 39.9 Å². The molecular formula is C10H10N2O3. The first kappa shape index (κ1) is 9.64. The molecule has 1 aliphatic rings. The SMILES string of the molecule is O=C(NC1CC1)c1cccc([N+](=O)[O-])c1. The molecule has 0 atom stereocenters. The number of carbonyl (C=O) groups is 1. The van der Waals surface area contributed by atoms with Crippen molar-refractivity contribution in [1.29, 1.82) is 0 Å². The number of nitro benzene ring substituents is 1. The zero-order chi connectivity index (χ0) is 10.8. The van der Waals surface area contributed by atoms with Crippen LogP contribution in [0.15, 0.2) is 24.3 Å². The van der Waals surface area contributed by atoms with Crippen molar-refractivity contribution in [2.24, 2.45) is 0 Å². The Kier molecular flexibility index (Phi) is 2.37. The fraction of sp³-hybridized carbons (Fsp3) is 0.300. The van der Waals surface area contributed by atoms with E-state index >= 15 is 0 Å². The van der Waals surface area contributed by atoms with Crippen molar-refractivity contribution in [2.45, 2.75) is 18.9 Å². The highest BCUT2D eigenvalue weighted by atomic mass is 16.6. The lowest BCUT2D eigenvalue weighted by molar-refractivity contribution is -0.384. The van der Waals surface area contributed by atoms with E-state index in [2.05, 4.69) is 5.32 Å². The Labute approximate surface area is 86.2 Å². The van der Waals surface area contributed by atoms with Crippen LogP contribution in [0.5, 0.6) is 0 Å². The standard InChI is InChI=1S/C10H10N2O3/c13-10(11-8-4-5-8)7-2-1-3-9(6-7)12(14)15/h1-3,6,8H,4-5H2,(H,11,13). The van der Waals surface area contributed by atoms with Gasteiger partial charge in [0.25, 0.3) is 11.6 Å². The van der Waals surface area contributed by atoms with Gasteiger partial charge in [-0.05, 0) is 18.9 Å². The van der Waals surface area contributed by atoms with Crippen LogP contribution in [0.4, 0.5) is 5.69 Å². The Bertz CT molecular complexity index is 413. The van der Waals surface area contributed by atoms with E-state index in [0.29, 0.717) is 5.56 Å². The highest BCUT2D eigenvalue weighted by Crippen LogP contribution is 2.20. The summed E-state index contributed by atoms with van der Waals surface area (Å²) in [6.45, 7) is 0. The predicted molar refractivity (Wildman–Crippen MR) is 53.6 cm³/mol. The van der Waals surface area contributed by atoms with Crippen LogP contribution in [0.3, 0.4) is 0 Å². The number of nitrogens with zero attached hydrogens (tertiary/aromatic N) is 1. The zero-order valence-electron chi connectivity index (χ0n) is 7.97. The minimum Gasteiger partial charge on any atom is -0.349 e.